The van der Waals surface area contributed by atoms with Crippen molar-refractivity contribution in [3.05, 3.63) is 101 Å². The Labute approximate surface area is 185 Å². The Balaban J connectivity index is 1.43. The second-order valence-electron chi connectivity index (χ2n) is 7.53. The summed E-state index contributed by atoms with van der Waals surface area (Å²) < 4.78 is 0. The molecule has 160 valence electrons. The Morgan fingerprint density at radius 1 is 0.844 bits per heavy atom. The zero-order valence-electron chi connectivity index (χ0n) is 17.3. The maximum atomic E-state index is 12.8. The number of nitrogens with one attached hydrogen (secondary N) is 1. The summed E-state index contributed by atoms with van der Waals surface area (Å²) in [7, 11) is 0. The first-order valence-corrected chi connectivity index (χ1v) is 10.3. The van der Waals surface area contributed by atoms with Crippen LogP contribution in [0.5, 0.6) is 0 Å². The van der Waals surface area contributed by atoms with Gasteiger partial charge in [0.25, 0.3) is 5.78 Å². The molecular weight excluding hydrogens is 404 g/mol. The summed E-state index contributed by atoms with van der Waals surface area (Å²) in [4.78, 5) is 35.9. The summed E-state index contributed by atoms with van der Waals surface area (Å²) in [6.45, 7) is 0. The van der Waals surface area contributed by atoms with E-state index in [2.05, 4.69) is 5.43 Å². The number of carbonyl (C=O) groups excluding carboxylic acids is 2. The van der Waals surface area contributed by atoms with E-state index in [1.807, 2.05) is 72.8 Å². The number of allylic oxidation sites excluding steroid dienone is 1. The number of ketones is 1. The first-order chi connectivity index (χ1) is 15.5. The fourth-order valence-electron chi connectivity index (χ4n) is 3.81. The number of carbonyl (C=O) groups is 3. The minimum absolute atomic E-state index is 0.142. The van der Waals surface area contributed by atoms with Gasteiger partial charge < -0.3 is 5.11 Å². The quantitative estimate of drug-likeness (QED) is 0.314. The molecule has 0 spiro atoms. The Kier molecular flexibility index (Phi) is 6.12. The van der Waals surface area contributed by atoms with Crippen LogP contribution in [-0.4, -0.2) is 22.8 Å². The number of hydrogen-bond donors (Lipinski definition) is 2. The number of rotatable bonds is 8. The molecule has 0 saturated heterocycles. The van der Waals surface area contributed by atoms with Gasteiger partial charge in [-0.2, -0.15) is 0 Å². The highest BCUT2D eigenvalue weighted by Crippen LogP contribution is 2.31. The molecule has 0 fully saturated rings. The Bertz CT molecular complexity index is 1150. The molecule has 0 bridgehead atoms. The van der Waals surface area contributed by atoms with Crippen LogP contribution in [0.25, 0.3) is 6.08 Å². The smallest absolute Gasteiger partial charge is 0.377 e. The molecule has 0 saturated carbocycles. The van der Waals surface area contributed by atoms with Gasteiger partial charge in [0, 0.05) is 12.0 Å². The number of carboxylic acids is 1. The number of aliphatic carboxylic acids is 1. The van der Waals surface area contributed by atoms with Crippen molar-refractivity contribution in [1.29, 1.82) is 0 Å². The van der Waals surface area contributed by atoms with Crippen LogP contribution in [0.2, 0.25) is 0 Å². The number of nitrogens with zero attached hydrogens (tertiary/aromatic N) is 1. The monoisotopic (exact) mass is 426 g/mol. The van der Waals surface area contributed by atoms with Crippen LogP contribution in [0.4, 0.5) is 11.4 Å². The third kappa shape index (κ3) is 4.59. The maximum absolute atomic E-state index is 12.8. The maximum Gasteiger partial charge on any atom is 0.377 e. The number of Topliss-reactive ketones (excluding diaryl/α,β-unsaturated/α-hetero) is 1. The lowest BCUT2D eigenvalue weighted by Gasteiger charge is -2.25. The normalized spacial score (nSPS) is 11.9. The van der Waals surface area contributed by atoms with Gasteiger partial charge >= 0.3 is 5.97 Å². The number of hydrazine groups is 1. The summed E-state index contributed by atoms with van der Waals surface area (Å²) in [6.07, 6.45) is 3.18. The third-order valence-corrected chi connectivity index (χ3v) is 5.35. The molecule has 3 aromatic rings. The Morgan fingerprint density at radius 2 is 1.47 bits per heavy atom. The first-order valence-electron chi connectivity index (χ1n) is 10.3. The highest BCUT2D eigenvalue weighted by molar-refractivity contribution is 6.40. The molecule has 32 heavy (non-hydrogen) atoms. The molecule has 0 aromatic heterocycles. The fraction of sp³-hybridized carbons (Fsp3) is 0.115. The van der Waals surface area contributed by atoms with Crippen molar-refractivity contribution in [2.75, 3.05) is 5.01 Å². The van der Waals surface area contributed by atoms with E-state index in [0.717, 1.165) is 22.5 Å². The Morgan fingerprint density at radius 3 is 2.06 bits per heavy atom. The van der Waals surface area contributed by atoms with Crippen LogP contribution in [-0.2, 0) is 16.0 Å². The molecule has 1 aliphatic carbocycles. The van der Waals surface area contributed by atoms with Gasteiger partial charge in [0.05, 0.1) is 11.4 Å². The van der Waals surface area contributed by atoms with E-state index >= 15 is 0 Å². The van der Waals surface area contributed by atoms with Crippen LogP contribution >= 0.6 is 0 Å². The van der Waals surface area contributed by atoms with Crippen molar-refractivity contribution >= 4 is 35.1 Å². The van der Waals surface area contributed by atoms with Gasteiger partial charge in [0.1, 0.15) is 0 Å². The van der Waals surface area contributed by atoms with Crippen LogP contribution in [0.15, 0.2) is 84.4 Å². The summed E-state index contributed by atoms with van der Waals surface area (Å²) in [6, 6.07) is 24.2. The van der Waals surface area contributed by atoms with Gasteiger partial charge in [-0.05, 0) is 48.2 Å². The molecule has 0 unspecified atom stereocenters. The second-order valence-corrected chi connectivity index (χ2v) is 7.53. The van der Waals surface area contributed by atoms with Crippen LogP contribution in [0.1, 0.15) is 34.3 Å². The highest BCUT2D eigenvalue weighted by Gasteiger charge is 2.24. The van der Waals surface area contributed by atoms with E-state index in [1.54, 1.807) is 11.1 Å². The number of benzene rings is 3. The molecule has 6 nitrogen and oxygen atoms in total. The van der Waals surface area contributed by atoms with E-state index in [1.165, 1.54) is 6.07 Å². The lowest BCUT2D eigenvalue weighted by atomic mass is 9.98. The molecule has 1 amide bonds. The largest absolute Gasteiger partial charge is 0.475 e. The first kappa shape index (κ1) is 21.1. The van der Waals surface area contributed by atoms with Crippen molar-refractivity contribution in [2.24, 2.45) is 0 Å². The minimum atomic E-state index is -1.46. The van der Waals surface area contributed by atoms with Gasteiger partial charge in [-0.25, -0.2) is 4.79 Å². The van der Waals surface area contributed by atoms with E-state index in [4.69, 9.17) is 5.11 Å². The molecule has 0 radical (unpaired) electrons. The van der Waals surface area contributed by atoms with Gasteiger partial charge in [0.2, 0.25) is 5.91 Å². The van der Waals surface area contributed by atoms with Crippen molar-refractivity contribution in [3.8, 4) is 0 Å². The molecule has 0 aliphatic heterocycles. The van der Waals surface area contributed by atoms with Gasteiger partial charge in [-0.15, -0.1) is 0 Å². The number of amides is 1. The number of fused-ring (bicyclic) bond motifs is 1. The van der Waals surface area contributed by atoms with Gasteiger partial charge in [0.15, 0.2) is 0 Å². The number of carboxylic acid groups (broad SMARTS) is 1. The predicted octanol–water partition coefficient (Wildman–Crippen LogP) is 4.54. The second kappa shape index (κ2) is 9.31. The van der Waals surface area contributed by atoms with Crippen molar-refractivity contribution in [1.82, 2.24) is 5.43 Å². The highest BCUT2D eigenvalue weighted by atomic mass is 16.4. The summed E-state index contributed by atoms with van der Waals surface area (Å²) in [5, 5.41) is 10.8. The van der Waals surface area contributed by atoms with Crippen molar-refractivity contribution in [2.45, 2.75) is 19.3 Å². The van der Waals surface area contributed by atoms with Gasteiger partial charge in [-0.1, -0.05) is 66.2 Å². The van der Waals surface area contributed by atoms with E-state index in [0.29, 0.717) is 18.4 Å². The van der Waals surface area contributed by atoms with E-state index in [9.17, 15) is 14.4 Å². The molecular formula is C26H22N2O4. The van der Waals surface area contributed by atoms with Crippen LogP contribution in [0, 0.1) is 0 Å². The van der Waals surface area contributed by atoms with Crippen LogP contribution < -0.4 is 10.4 Å². The SMILES string of the molecule is O=C(CCC1=Cc2cccc(C(=O)C(=O)O)c2C1)NN(c1ccccc1)c1ccccc1. The molecule has 3 aromatic carbocycles. The predicted molar refractivity (Wildman–Crippen MR) is 122 cm³/mol. The topological polar surface area (TPSA) is 86.7 Å². The average molecular weight is 426 g/mol. The van der Waals surface area contributed by atoms with E-state index < -0.39 is 11.8 Å². The third-order valence-electron chi connectivity index (χ3n) is 5.35. The van der Waals surface area contributed by atoms with E-state index in [-0.39, 0.29) is 17.9 Å². The summed E-state index contributed by atoms with van der Waals surface area (Å²) >= 11 is 0. The summed E-state index contributed by atoms with van der Waals surface area (Å²) in [5.74, 6) is -2.51. The lowest BCUT2D eigenvalue weighted by Crippen LogP contribution is -2.38. The molecule has 2 N–H and O–H groups in total. The number of para-hydroxylation sites is 2. The average Bonchev–Trinajstić information content (AvgIpc) is 3.25. The standard InChI is InChI=1S/C26H22N2O4/c29-24(27-28(20-9-3-1-4-10-20)21-11-5-2-6-12-21)15-14-18-16-19-8-7-13-22(23(19)17-18)25(30)26(31)32/h1-13,16H,14-15,17H2,(H,27,29)(H,31,32). The van der Waals surface area contributed by atoms with Gasteiger partial charge in [-0.3, -0.25) is 20.0 Å². The molecule has 6 heteroatoms. The minimum Gasteiger partial charge on any atom is -0.475 e. The molecule has 0 heterocycles. The van der Waals surface area contributed by atoms with Crippen molar-refractivity contribution in [3.63, 3.8) is 0 Å². The molecule has 1 aliphatic rings. The van der Waals surface area contributed by atoms with Crippen molar-refractivity contribution < 1.29 is 19.5 Å². The zero-order valence-corrected chi connectivity index (χ0v) is 17.3. The fourth-order valence-corrected chi connectivity index (χ4v) is 3.81. The Hall–Kier alpha value is -4.19. The lowest BCUT2D eigenvalue weighted by molar-refractivity contribution is -0.131. The molecule has 0 atom stereocenters. The number of anilines is 2. The summed E-state index contributed by atoms with van der Waals surface area (Å²) in [5.41, 5.74) is 7.42. The molecule has 4 rings (SSSR count). The number of hydrogen-bond acceptors (Lipinski definition) is 4. The zero-order chi connectivity index (χ0) is 22.5. The van der Waals surface area contributed by atoms with Crippen LogP contribution in [0.3, 0.4) is 0 Å².